The molecule has 5 fully saturated rings. The molecule has 4 aliphatic heterocycles. The molecule has 7 atom stereocenters. The van der Waals surface area contributed by atoms with E-state index in [1.807, 2.05) is 12.1 Å². The van der Waals surface area contributed by atoms with E-state index in [0.717, 1.165) is 44.1 Å². The second-order valence-corrected chi connectivity index (χ2v) is 16.3. The highest BCUT2D eigenvalue weighted by Gasteiger charge is 2.76. The molecule has 1 saturated carbocycles. The van der Waals surface area contributed by atoms with E-state index in [4.69, 9.17) is 33.6 Å². The summed E-state index contributed by atoms with van der Waals surface area (Å²) in [6, 6.07) is 6.13. The van der Waals surface area contributed by atoms with Crippen LogP contribution in [0.2, 0.25) is 0 Å². The van der Waals surface area contributed by atoms with Gasteiger partial charge in [0.15, 0.2) is 11.8 Å². The zero-order valence-electron chi connectivity index (χ0n) is 32.9. The van der Waals surface area contributed by atoms with E-state index >= 15 is 0 Å². The van der Waals surface area contributed by atoms with E-state index in [1.54, 1.807) is 32.1 Å². The third kappa shape index (κ3) is 8.66. The van der Waals surface area contributed by atoms with Gasteiger partial charge in [0, 0.05) is 50.3 Å². The molecule has 2 bridgehead atoms. The smallest absolute Gasteiger partial charge is 0.348 e. The lowest BCUT2D eigenvalue weighted by Gasteiger charge is -2.48. The first-order valence-electron chi connectivity index (χ1n) is 20.2. The lowest BCUT2D eigenvalue weighted by Crippen LogP contribution is -2.69. The number of benzene rings is 1. The van der Waals surface area contributed by atoms with Gasteiger partial charge in [-0.3, -0.25) is 19.2 Å². The van der Waals surface area contributed by atoms with Gasteiger partial charge in [0.1, 0.15) is 36.4 Å². The van der Waals surface area contributed by atoms with E-state index in [-0.39, 0.29) is 51.6 Å². The van der Waals surface area contributed by atoms with Crippen molar-refractivity contribution in [1.29, 1.82) is 0 Å². The van der Waals surface area contributed by atoms with Crippen LogP contribution < -0.4 is 10.6 Å². The van der Waals surface area contributed by atoms with Crippen LogP contribution in [0, 0.1) is 10.8 Å². The largest absolute Gasteiger partial charge is 0.462 e. The van der Waals surface area contributed by atoms with Crippen LogP contribution in [-0.2, 0) is 59.0 Å². The number of unbranched alkanes of at least 4 members (excludes halogenated alkanes) is 4. The van der Waals surface area contributed by atoms with Crippen LogP contribution in [-0.4, -0.2) is 109 Å². The van der Waals surface area contributed by atoms with Crippen LogP contribution in [0.3, 0.4) is 0 Å². The summed E-state index contributed by atoms with van der Waals surface area (Å²) in [6.45, 7) is 8.02. The normalized spacial score (nSPS) is 29.8. The Balaban J connectivity index is 1.25. The summed E-state index contributed by atoms with van der Waals surface area (Å²) in [5, 5.41) is 16.1. The molecule has 1 aromatic rings. The summed E-state index contributed by atoms with van der Waals surface area (Å²) in [7, 11) is 0. The summed E-state index contributed by atoms with van der Waals surface area (Å²) in [6.07, 6.45) is 6.13. The van der Waals surface area contributed by atoms with Crippen LogP contribution in [0.25, 0.3) is 6.08 Å². The molecule has 0 spiro atoms. The average molecular weight is 784 g/mol. The SMILES string of the molecule is CCCCCC1(CCCCC)O[C@@H]2[C@H](O1)[C@H]1ON(Cc3cccc(C=CC(=O)O[C@H]4C(=O)OCC4(C)C)c3)[C@@H]3C(=O)O[C@@H]2C[C@]13C(=O)NCCC(=O)NCCO. The molecule has 4 heterocycles. The first kappa shape index (κ1) is 41.7. The number of ether oxygens (including phenoxy) is 5. The maximum atomic E-state index is 14.5. The van der Waals surface area contributed by atoms with Crippen LogP contribution in [0.5, 0.6) is 0 Å². The third-order valence-electron chi connectivity index (χ3n) is 11.5. The molecule has 15 nitrogen and oxygen atoms in total. The fraction of sp³-hybridized carbons (Fsp3) is 0.683. The van der Waals surface area contributed by atoms with Gasteiger partial charge < -0.3 is 39.4 Å². The van der Waals surface area contributed by atoms with Gasteiger partial charge in [-0.15, -0.1) is 0 Å². The molecule has 6 rings (SSSR count). The molecular weight excluding hydrogens is 726 g/mol. The molecule has 2 amide bonds. The Hall–Kier alpha value is -3.89. The average Bonchev–Trinajstić information content (AvgIpc) is 3.80. The standard InChI is InChI=1S/C41H57N3O12/c1-5-7-9-17-40(18-10-8-6-2)54-31-28-23-41(38(50)43-19-16-29(46)42-20-21-45)33(36(48)52-28)44(56-34(41)32(31)55-40)24-27-13-11-12-26(22-27)14-15-30(47)53-35-37(49)51-25-39(35,3)4/h11-15,22,28,31-35,45H,5-10,16-21,23-25H2,1-4H3,(H,42,46)(H,43,50)/t28-,31+,32+,33-,34-,35+,41-/m1/s1. The molecule has 5 aliphatic rings. The minimum absolute atomic E-state index is 0.0106. The van der Waals surface area contributed by atoms with Crippen LogP contribution >= 0.6 is 0 Å². The maximum Gasteiger partial charge on any atom is 0.348 e. The molecule has 3 N–H and O–H groups in total. The second kappa shape index (κ2) is 17.7. The number of cyclic esters (lactones) is 1. The summed E-state index contributed by atoms with van der Waals surface area (Å²) < 4.78 is 30.3. The fourth-order valence-corrected chi connectivity index (χ4v) is 8.66. The first-order chi connectivity index (χ1) is 26.9. The van der Waals surface area contributed by atoms with Crippen LogP contribution in [0.4, 0.5) is 0 Å². The van der Waals surface area contributed by atoms with Gasteiger partial charge >= 0.3 is 17.9 Å². The van der Waals surface area contributed by atoms with Crippen molar-refractivity contribution >= 4 is 35.8 Å². The van der Waals surface area contributed by atoms with Crippen molar-refractivity contribution in [3.8, 4) is 0 Å². The summed E-state index contributed by atoms with van der Waals surface area (Å²) >= 11 is 0. The van der Waals surface area contributed by atoms with Gasteiger partial charge in [-0.2, -0.15) is 5.06 Å². The van der Waals surface area contributed by atoms with Crippen molar-refractivity contribution in [2.75, 3.05) is 26.3 Å². The Morgan fingerprint density at radius 3 is 2.39 bits per heavy atom. The number of nitrogens with zero attached hydrogens (tertiary/aromatic N) is 1. The molecule has 1 aromatic carbocycles. The molecule has 4 saturated heterocycles. The molecule has 56 heavy (non-hydrogen) atoms. The zero-order chi connectivity index (χ0) is 40.1. The van der Waals surface area contributed by atoms with E-state index in [2.05, 4.69) is 24.5 Å². The summed E-state index contributed by atoms with van der Waals surface area (Å²) in [5.74, 6) is -3.55. The predicted octanol–water partition coefficient (Wildman–Crippen LogP) is 3.25. The number of fused-ring (bicyclic) bond motifs is 4. The highest BCUT2D eigenvalue weighted by atomic mass is 16.8. The second-order valence-electron chi connectivity index (χ2n) is 16.3. The minimum Gasteiger partial charge on any atom is -0.462 e. The van der Waals surface area contributed by atoms with Crippen molar-refractivity contribution < 1.29 is 57.6 Å². The Labute approximate surface area is 328 Å². The fourth-order valence-electron chi connectivity index (χ4n) is 8.66. The summed E-state index contributed by atoms with van der Waals surface area (Å²) in [5.41, 5.74) is -0.678. The zero-order valence-corrected chi connectivity index (χ0v) is 32.9. The Bertz CT molecular complexity index is 1640. The number of rotatable bonds is 19. The molecule has 0 radical (unpaired) electrons. The van der Waals surface area contributed by atoms with Crippen LogP contribution in [0.15, 0.2) is 30.3 Å². The lowest BCUT2D eigenvalue weighted by atomic mass is 9.62. The first-order valence-corrected chi connectivity index (χ1v) is 20.2. The van der Waals surface area contributed by atoms with E-state index in [9.17, 15) is 24.0 Å². The van der Waals surface area contributed by atoms with Crippen molar-refractivity contribution in [2.45, 2.75) is 141 Å². The number of nitrogens with one attached hydrogen (secondary N) is 2. The molecule has 15 heteroatoms. The Kier molecular flexibility index (Phi) is 13.2. The number of carbonyl (C=O) groups excluding carboxylic acids is 5. The highest BCUT2D eigenvalue weighted by Crippen LogP contribution is 2.58. The van der Waals surface area contributed by atoms with Gasteiger partial charge in [-0.1, -0.05) is 77.6 Å². The number of hydrogen-bond donors (Lipinski definition) is 3. The van der Waals surface area contributed by atoms with Gasteiger partial charge in [-0.05, 0) is 30.0 Å². The maximum absolute atomic E-state index is 14.5. The lowest BCUT2D eigenvalue weighted by molar-refractivity contribution is -0.224. The minimum atomic E-state index is -1.41. The van der Waals surface area contributed by atoms with E-state index < -0.39 is 77.0 Å². The quantitative estimate of drug-likeness (QED) is 0.0804. The number of aliphatic hydroxyl groups is 1. The molecule has 1 aliphatic carbocycles. The van der Waals surface area contributed by atoms with Gasteiger partial charge in [-0.25, -0.2) is 9.59 Å². The van der Waals surface area contributed by atoms with Crippen molar-refractivity contribution in [2.24, 2.45) is 10.8 Å². The van der Waals surface area contributed by atoms with Crippen molar-refractivity contribution in [3.05, 3.63) is 41.5 Å². The number of hydroxylamine groups is 2. The number of esters is 3. The van der Waals surface area contributed by atoms with E-state index in [0.29, 0.717) is 18.4 Å². The topological polar surface area (TPSA) is 188 Å². The van der Waals surface area contributed by atoms with Gasteiger partial charge in [0.05, 0.1) is 13.2 Å². The van der Waals surface area contributed by atoms with Crippen LogP contribution in [0.1, 0.15) is 103 Å². The van der Waals surface area contributed by atoms with Gasteiger partial charge in [0.25, 0.3) is 0 Å². The number of carbonyl (C=O) groups is 5. The molecule has 0 aromatic heterocycles. The molecular formula is C41H57N3O12. The van der Waals surface area contributed by atoms with Gasteiger partial charge in [0.2, 0.25) is 17.9 Å². The predicted molar refractivity (Wildman–Crippen MR) is 200 cm³/mol. The highest BCUT2D eigenvalue weighted by molar-refractivity contribution is 5.94. The van der Waals surface area contributed by atoms with Crippen molar-refractivity contribution in [1.82, 2.24) is 15.7 Å². The molecule has 0 unspecified atom stereocenters. The molecule has 308 valence electrons. The monoisotopic (exact) mass is 783 g/mol. The van der Waals surface area contributed by atoms with E-state index in [1.165, 1.54) is 11.1 Å². The van der Waals surface area contributed by atoms with Crippen molar-refractivity contribution in [3.63, 3.8) is 0 Å². The number of aliphatic hydroxyl groups excluding tert-OH is 1. The summed E-state index contributed by atoms with van der Waals surface area (Å²) in [4.78, 5) is 72.4. The number of hydrogen-bond acceptors (Lipinski definition) is 13. The third-order valence-corrected chi connectivity index (χ3v) is 11.5. The Morgan fingerprint density at radius 1 is 0.982 bits per heavy atom. The Morgan fingerprint density at radius 2 is 1.71 bits per heavy atom. The number of amides is 2.